The van der Waals surface area contributed by atoms with Gasteiger partial charge in [0.05, 0.1) is 28.8 Å². The summed E-state index contributed by atoms with van der Waals surface area (Å²) in [6.45, 7) is 4.50. The van der Waals surface area contributed by atoms with Crippen molar-refractivity contribution in [2.24, 2.45) is 4.99 Å². The maximum atomic E-state index is 6.60. The number of nitrogen functional groups attached to an aromatic ring is 1. The first-order valence-corrected chi connectivity index (χ1v) is 19.9. The van der Waals surface area contributed by atoms with E-state index < -0.39 is 0 Å². The standard InChI is InChI=1S/C50H36N4.C4H8/c51-46-19-8-6-18-45(46)48(37-24-21-36(22-25-37)40-26-23-35-12-4-5-13-39(35)32-40)52-33-34-11-10-16-42(31-34)54-47-20-9-7-17-43(47)44-28-27-38-29-30-53(49(38)50(44)54)41-14-2-1-3-15-41;1-3-4-2/h1-32H,33,51H2;3-4H,1-2H3/b;4-3-. The van der Waals surface area contributed by atoms with Crippen molar-refractivity contribution < 1.29 is 0 Å². The van der Waals surface area contributed by atoms with E-state index in [1.807, 2.05) is 44.2 Å². The molecule has 0 aliphatic carbocycles. The monoisotopic (exact) mass is 748 g/mol. The highest BCUT2D eigenvalue weighted by Crippen LogP contribution is 2.38. The number of rotatable bonds is 7. The Labute approximate surface area is 339 Å². The van der Waals surface area contributed by atoms with Crippen molar-refractivity contribution in [3.63, 3.8) is 0 Å². The van der Waals surface area contributed by atoms with Gasteiger partial charge < -0.3 is 14.9 Å². The number of benzene rings is 8. The fraction of sp³-hybridized carbons (Fsp3) is 0.0556. The quantitative estimate of drug-likeness (QED) is 0.0985. The highest BCUT2D eigenvalue weighted by molar-refractivity contribution is 6.18. The van der Waals surface area contributed by atoms with E-state index in [1.165, 1.54) is 49.0 Å². The van der Waals surface area contributed by atoms with Gasteiger partial charge in [-0.1, -0.05) is 152 Å². The Morgan fingerprint density at radius 3 is 2.03 bits per heavy atom. The van der Waals surface area contributed by atoms with Crippen molar-refractivity contribution in [3.8, 4) is 22.5 Å². The van der Waals surface area contributed by atoms with Crippen LogP contribution in [0.25, 0.3) is 66.0 Å². The summed E-state index contributed by atoms with van der Waals surface area (Å²) in [6, 6.07) is 66.6. The second-order valence-corrected chi connectivity index (χ2v) is 14.5. The minimum Gasteiger partial charge on any atom is -0.398 e. The number of allylic oxidation sites excluding steroid dienone is 2. The van der Waals surface area contributed by atoms with Crippen LogP contribution in [0.1, 0.15) is 30.5 Å². The number of fused-ring (bicyclic) bond motifs is 6. The van der Waals surface area contributed by atoms with E-state index in [0.29, 0.717) is 12.2 Å². The molecular weight excluding hydrogens is 705 g/mol. The summed E-state index contributed by atoms with van der Waals surface area (Å²) in [4.78, 5) is 5.30. The van der Waals surface area contributed by atoms with Gasteiger partial charge in [0.1, 0.15) is 0 Å². The number of para-hydroxylation sites is 3. The zero-order valence-electron chi connectivity index (χ0n) is 32.8. The summed E-state index contributed by atoms with van der Waals surface area (Å²) in [7, 11) is 0. The van der Waals surface area contributed by atoms with Gasteiger partial charge in [-0.25, -0.2) is 0 Å². The number of anilines is 1. The molecule has 0 saturated carbocycles. The number of hydrogen-bond donors (Lipinski definition) is 1. The van der Waals surface area contributed by atoms with Gasteiger partial charge in [0.25, 0.3) is 0 Å². The number of aliphatic imine (C=N–C) groups is 1. The molecular formula is C54H44N4. The highest BCUT2D eigenvalue weighted by atomic mass is 15.0. The summed E-state index contributed by atoms with van der Waals surface area (Å²) >= 11 is 0. The van der Waals surface area contributed by atoms with Crippen molar-refractivity contribution in [2.75, 3.05) is 5.73 Å². The van der Waals surface area contributed by atoms with Crippen LogP contribution >= 0.6 is 0 Å². The lowest BCUT2D eigenvalue weighted by Crippen LogP contribution is -2.08. The van der Waals surface area contributed by atoms with Gasteiger partial charge in [0.15, 0.2) is 0 Å². The first-order valence-electron chi connectivity index (χ1n) is 19.9. The number of hydrogen-bond acceptors (Lipinski definition) is 2. The molecule has 0 radical (unpaired) electrons. The minimum absolute atomic E-state index is 0.497. The molecule has 0 aliphatic rings. The third kappa shape index (κ3) is 6.86. The molecule has 0 aliphatic heterocycles. The Balaban J connectivity index is 0.00000104. The van der Waals surface area contributed by atoms with Crippen molar-refractivity contribution in [1.29, 1.82) is 0 Å². The summed E-state index contributed by atoms with van der Waals surface area (Å²) in [5, 5.41) is 6.13. The maximum Gasteiger partial charge on any atom is 0.0788 e. The largest absolute Gasteiger partial charge is 0.398 e. The number of aromatic nitrogens is 2. The van der Waals surface area contributed by atoms with Gasteiger partial charge >= 0.3 is 0 Å². The first-order chi connectivity index (χ1) is 28.6. The molecule has 0 fully saturated rings. The molecule has 4 heteroatoms. The SMILES string of the molecule is C/C=C\C.Nc1ccccc1C(=NCc1cccc(-n2c3ccccc3c3ccc4ccn(-c5ccccc5)c4c32)c1)c1ccc(-c2ccc3ccccc3c2)cc1. The van der Waals surface area contributed by atoms with E-state index >= 15 is 0 Å². The highest BCUT2D eigenvalue weighted by Gasteiger charge is 2.18. The Morgan fingerprint density at radius 1 is 0.534 bits per heavy atom. The van der Waals surface area contributed by atoms with E-state index in [9.17, 15) is 0 Å². The molecule has 280 valence electrons. The molecule has 2 aromatic heterocycles. The molecule has 0 unspecified atom stereocenters. The Morgan fingerprint density at radius 2 is 1.22 bits per heavy atom. The van der Waals surface area contributed by atoms with Crippen molar-refractivity contribution in [2.45, 2.75) is 20.4 Å². The predicted octanol–water partition coefficient (Wildman–Crippen LogP) is 13.7. The van der Waals surface area contributed by atoms with E-state index in [-0.39, 0.29) is 0 Å². The van der Waals surface area contributed by atoms with Gasteiger partial charge in [-0.3, -0.25) is 4.99 Å². The average molecular weight is 749 g/mol. The number of nitrogens with zero attached hydrogens (tertiary/aromatic N) is 3. The Hall–Kier alpha value is -7.43. The molecule has 58 heavy (non-hydrogen) atoms. The van der Waals surface area contributed by atoms with Gasteiger partial charge in [0, 0.05) is 50.5 Å². The summed E-state index contributed by atoms with van der Waals surface area (Å²) in [5.41, 5.74) is 19.4. The molecule has 0 spiro atoms. The topological polar surface area (TPSA) is 48.2 Å². The molecule has 0 amide bonds. The predicted molar refractivity (Wildman–Crippen MR) is 248 cm³/mol. The molecule has 2 heterocycles. The third-order valence-electron chi connectivity index (χ3n) is 10.9. The molecule has 0 bridgehead atoms. The van der Waals surface area contributed by atoms with Crippen molar-refractivity contribution >= 4 is 54.9 Å². The molecule has 10 rings (SSSR count). The van der Waals surface area contributed by atoms with Crippen molar-refractivity contribution in [3.05, 3.63) is 223 Å². The van der Waals surface area contributed by atoms with Crippen LogP contribution in [-0.4, -0.2) is 14.8 Å². The van der Waals surface area contributed by atoms with Crippen molar-refractivity contribution in [1.82, 2.24) is 9.13 Å². The lowest BCUT2D eigenvalue weighted by Gasteiger charge is -2.14. The second kappa shape index (κ2) is 16.0. The lowest BCUT2D eigenvalue weighted by molar-refractivity contribution is 1.05. The fourth-order valence-corrected chi connectivity index (χ4v) is 7.94. The smallest absolute Gasteiger partial charge is 0.0788 e. The van der Waals surface area contributed by atoms with Crippen LogP contribution in [-0.2, 0) is 6.54 Å². The van der Waals surface area contributed by atoms with Crippen LogP contribution in [0.4, 0.5) is 5.69 Å². The molecule has 0 atom stereocenters. The molecule has 8 aromatic carbocycles. The van der Waals surface area contributed by atoms with Gasteiger partial charge in [-0.05, 0) is 89.8 Å². The average Bonchev–Trinajstić information content (AvgIpc) is 3.87. The van der Waals surface area contributed by atoms with Crippen LogP contribution in [0.2, 0.25) is 0 Å². The zero-order valence-corrected chi connectivity index (χ0v) is 32.8. The second-order valence-electron chi connectivity index (χ2n) is 14.5. The third-order valence-corrected chi connectivity index (χ3v) is 10.9. The Kier molecular flexibility index (Phi) is 9.97. The minimum atomic E-state index is 0.497. The van der Waals surface area contributed by atoms with E-state index in [2.05, 4.69) is 185 Å². The normalized spacial score (nSPS) is 11.8. The van der Waals surface area contributed by atoms with E-state index in [4.69, 9.17) is 10.7 Å². The lowest BCUT2D eigenvalue weighted by atomic mass is 9.96. The van der Waals surface area contributed by atoms with Crippen LogP contribution < -0.4 is 5.73 Å². The van der Waals surface area contributed by atoms with Crippen LogP contribution in [0.5, 0.6) is 0 Å². The summed E-state index contributed by atoms with van der Waals surface area (Å²) in [6.07, 6.45) is 6.18. The van der Waals surface area contributed by atoms with Crippen LogP contribution in [0.15, 0.2) is 211 Å². The zero-order chi connectivity index (χ0) is 39.4. The Bertz CT molecular complexity index is 3100. The van der Waals surface area contributed by atoms with E-state index in [0.717, 1.165) is 39.3 Å². The number of nitrogens with two attached hydrogens (primary N) is 1. The molecule has 4 nitrogen and oxygen atoms in total. The molecule has 10 aromatic rings. The van der Waals surface area contributed by atoms with Gasteiger partial charge in [-0.15, -0.1) is 0 Å². The van der Waals surface area contributed by atoms with Gasteiger partial charge in [-0.2, -0.15) is 0 Å². The maximum absolute atomic E-state index is 6.60. The summed E-state index contributed by atoms with van der Waals surface area (Å²) in [5.74, 6) is 0. The van der Waals surface area contributed by atoms with Crippen LogP contribution in [0.3, 0.4) is 0 Å². The molecule has 2 N–H and O–H groups in total. The first kappa shape index (κ1) is 36.2. The van der Waals surface area contributed by atoms with Crippen LogP contribution in [0, 0.1) is 0 Å². The summed E-state index contributed by atoms with van der Waals surface area (Å²) < 4.78 is 4.73. The fourth-order valence-electron chi connectivity index (χ4n) is 7.94. The van der Waals surface area contributed by atoms with E-state index in [1.54, 1.807) is 0 Å². The molecule has 0 saturated heterocycles. The van der Waals surface area contributed by atoms with Gasteiger partial charge in [0.2, 0.25) is 0 Å².